The van der Waals surface area contributed by atoms with E-state index in [-0.39, 0.29) is 37.3 Å². The molecule has 24 heavy (non-hydrogen) atoms. The maximum Gasteiger partial charge on any atom is 0.393 e. The van der Waals surface area contributed by atoms with Crippen molar-refractivity contribution in [2.24, 2.45) is 11.8 Å². The Balaban J connectivity index is 1.86. The number of carbonyl (C=O) groups is 2. The number of alkyl halides is 3. The van der Waals surface area contributed by atoms with Crippen LogP contribution in [0.15, 0.2) is 0 Å². The molecule has 0 aromatic heterocycles. The predicted octanol–water partition coefficient (Wildman–Crippen LogP) is 2.06. The van der Waals surface area contributed by atoms with E-state index in [4.69, 9.17) is 4.74 Å². The van der Waals surface area contributed by atoms with Crippen LogP contribution in [0.3, 0.4) is 0 Å². The van der Waals surface area contributed by atoms with Crippen molar-refractivity contribution in [3.8, 4) is 0 Å². The Kier molecular flexibility index (Phi) is 6.48. The molecule has 0 aromatic carbocycles. The number of amides is 1. The van der Waals surface area contributed by atoms with Gasteiger partial charge in [0.1, 0.15) is 0 Å². The monoisotopic (exact) mass is 350 g/mol. The van der Waals surface area contributed by atoms with Crippen LogP contribution in [-0.2, 0) is 14.3 Å². The van der Waals surface area contributed by atoms with Crippen LogP contribution in [0.5, 0.6) is 0 Å². The van der Waals surface area contributed by atoms with Crippen molar-refractivity contribution in [2.45, 2.75) is 38.8 Å². The van der Waals surface area contributed by atoms with Gasteiger partial charge in [0.05, 0.1) is 25.0 Å². The summed E-state index contributed by atoms with van der Waals surface area (Å²) < 4.78 is 43.6. The number of rotatable bonds is 4. The highest BCUT2D eigenvalue weighted by molar-refractivity contribution is 5.78. The molecule has 0 spiro atoms. The molecule has 0 saturated carbocycles. The quantitative estimate of drug-likeness (QED) is 0.729. The van der Waals surface area contributed by atoms with Crippen molar-refractivity contribution in [1.29, 1.82) is 0 Å². The second kappa shape index (κ2) is 8.18. The highest BCUT2D eigenvalue weighted by Crippen LogP contribution is 2.33. The molecule has 0 aliphatic carbocycles. The second-order valence-electron chi connectivity index (χ2n) is 6.55. The Morgan fingerprint density at radius 3 is 2.50 bits per heavy atom. The minimum atomic E-state index is -4.25. The summed E-state index contributed by atoms with van der Waals surface area (Å²) >= 11 is 0. The van der Waals surface area contributed by atoms with Gasteiger partial charge in [0.2, 0.25) is 5.91 Å². The van der Waals surface area contributed by atoms with Crippen LogP contribution in [0.4, 0.5) is 13.2 Å². The SMILES string of the molecule is CCOC(=O)C1CCCN(CC(=O)N2CCCC(C(F)(F)F)C2)C1. The molecule has 2 aliphatic heterocycles. The molecule has 2 heterocycles. The third kappa shape index (κ3) is 5.09. The summed E-state index contributed by atoms with van der Waals surface area (Å²) in [5.74, 6) is -2.22. The molecule has 2 aliphatic rings. The van der Waals surface area contributed by atoms with Crippen LogP contribution in [0.25, 0.3) is 0 Å². The van der Waals surface area contributed by atoms with Crippen LogP contribution in [0.1, 0.15) is 32.6 Å². The molecule has 0 N–H and O–H groups in total. The number of nitrogens with zero attached hydrogens (tertiary/aromatic N) is 2. The lowest BCUT2D eigenvalue weighted by Gasteiger charge is -2.36. The van der Waals surface area contributed by atoms with Gasteiger partial charge in [-0.2, -0.15) is 13.2 Å². The Bertz CT molecular complexity index is 456. The molecule has 0 bridgehead atoms. The zero-order chi connectivity index (χ0) is 17.7. The Morgan fingerprint density at radius 1 is 1.12 bits per heavy atom. The number of halogens is 3. The van der Waals surface area contributed by atoms with Crippen molar-refractivity contribution in [3.63, 3.8) is 0 Å². The molecule has 2 unspecified atom stereocenters. The molecule has 5 nitrogen and oxygen atoms in total. The van der Waals surface area contributed by atoms with E-state index in [2.05, 4.69) is 0 Å². The minimum Gasteiger partial charge on any atom is -0.466 e. The summed E-state index contributed by atoms with van der Waals surface area (Å²) in [6.45, 7) is 3.37. The first kappa shape index (κ1) is 19.0. The first-order chi connectivity index (χ1) is 11.3. The van der Waals surface area contributed by atoms with Gasteiger partial charge in [-0.25, -0.2) is 0 Å². The average molecular weight is 350 g/mol. The summed E-state index contributed by atoms with van der Waals surface area (Å²) in [6, 6.07) is 0. The van der Waals surface area contributed by atoms with E-state index in [1.54, 1.807) is 6.92 Å². The Morgan fingerprint density at radius 2 is 1.83 bits per heavy atom. The fraction of sp³-hybridized carbons (Fsp3) is 0.875. The van der Waals surface area contributed by atoms with Crippen LogP contribution >= 0.6 is 0 Å². The first-order valence-corrected chi connectivity index (χ1v) is 8.54. The average Bonchev–Trinajstić information content (AvgIpc) is 2.54. The fourth-order valence-corrected chi connectivity index (χ4v) is 3.41. The number of ether oxygens (including phenoxy) is 1. The van der Waals surface area contributed by atoms with E-state index in [1.165, 1.54) is 4.90 Å². The van der Waals surface area contributed by atoms with E-state index in [9.17, 15) is 22.8 Å². The van der Waals surface area contributed by atoms with Gasteiger partial charge in [0.15, 0.2) is 0 Å². The van der Waals surface area contributed by atoms with Gasteiger partial charge in [0, 0.05) is 19.6 Å². The van der Waals surface area contributed by atoms with Crippen LogP contribution in [0.2, 0.25) is 0 Å². The maximum atomic E-state index is 12.8. The lowest BCUT2D eigenvalue weighted by atomic mass is 9.96. The number of esters is 1. The standard InChI is InChI=1S/C16H25F3N2O3/c1-2-24-15(23)12-5-3-7-20(9-12)11-14(22)21-8-4-6-13(10-21)16(17,18)19/h12-13H,2-11H2,1H3. The first-order valence-electron chi connectivity index (χ1n) is 8.54. The summed E-state index contributed by atoms with van der Waals surface area (Å²) in [5, 5.41) is 0. The van der Waals surface area contributed by atoms with Crippen molar-refractivity contribution in [3.05, 3.63) is 0 Å². The highest BCUT2D eigenvalue weighted by atomic mass is 19.4. The lowest BCUT2D eigenvalue weighted by molar-refractivity contribution is -0.188. The summed E-state index contributed by atoms with van der Waals surface area (Å²) in [7, 11) is 0. The zero-order valence-electron chi connectivity index (χ0n) is 14.0. The van der Waals surface area contributed by atoms with Crippen molar-refractivity contribution in [2.75, 3.05) is 39.3 Å². The fourth-order valence-electron chi connectivity index (χ4n) is 3.41. The van der Waals surface area contributed by atoms with Crippen molar-refractivity contribution < 1.29 is 27.5 Å². The number of carbonyl (C=O) groups excluding carboxylic acids is 2. The molecular formula is C16H25F3N2O3. The van der Waals surface area contributed by atoms with E-state index in [0.29, 0.717) is 32.7 Å². The summed E-state index contributed by atoms with van der Waals surface area (Å²) in [5.41, 5.74) is 0. The van der Waals surface area contributed by atoms with Gasteiger partial charge in [-0.1, -0.05) is 0 Å². The summed E-state index contributed by atoms with van der Waals surface area (Å²) in [6.07, 6.45) is -2.28. The minimum absolute atomic E-state index is 0.0699. The van der Waals surface area contributed by atoms with Crippen LogP contribution in [0, 0.1) is 11.8 Å². The summed E-state index contributed by atoms with van der Waals surface area (Å²) in [4.78, 5) is 27.3. The Labute approximate surface area is 140 Å². The second-order valence-corrected chi connectivity index (χ2v) is 6.55. The number of likely N-dealkylation sites (tertiary alicyclic amines) is 2. The van der Waals surface area contributed by atoms with Gasteiger partial charge in [-0.05, 0) is 39.2 Å². The molecule has 2 saturated heterocycles. The van der Waals surface area contributed by atoms with Gasteiger partial charge in [0.25, 0.3) is 0 Å². The molecule has 0 radical (unpaired) electrons. The topological polar surface area (TPSA) is 49.9 Å². The Hall–Kier alpha value is -1.31. The normalized spacial score (nSPS) is 26.2. The van der Waals surface area contributed by atoms with Gasteiger partial charge in [-0.3, -0.25) is 14.5 Å². The molecule has 138 valence electrons. The maximum absolute atomic E-state index is 12.8. The number of hydrogen-bond acceptors (Lipinski definition) is 4. The van der Waals surface area contributed by atoms with Crippen LogP contribution < -0.4 is 0 Å². The number of hydrogen-bond donors (Lipinski definition) is 0. The van der Waals surface area contributed by atoms with E-state index in [0.717, 1.165) is 12.8 Å². The van der Waals surface area contributed by atoms with Gasteiger partial charge < -0.3 is 9.64 Å². The van der Waals surface area contributed by atoms with E-state index >= 15 is 0 Å². The van der Waals surface area contributed by atoms with E-state index < -0.39 is 12.1 Å². The number of piperidine rings is 2. The molecular weight excluding hydrogens is 325 g/mol. The molecule has 2 rings (SSSR count). The van der Waals surface area contributed by atoms with Crippen molar-refractivity contribution >= 4 is 11.9 Å². The lowest BCUT2D eigenvalue weighted by Crippen LogP contribution is -2.50. The van der Waals surface area contributed by atoms with E-state index in [1.807, 2.05) is 4.90 Å². The molecule has 2 fully saturated rings. The zero-order valence-corrected chi connectivity index (χ0v) is 14.0. The molecule has 8 heteroatoms. The smallest absolute Gasteiger partial charge is 0.393 e. The van der Waals surface area contributed by atoms with Gasteiger partial charge in [-0.15, -0.1) is 0 Å². The largest absolute Gasteiger partial charge is 0.466 e. The van der Waals surface area contributed by atoms with Crippen LogP contribution in [-0.4, -0.2) is 67.2 Å². The third-order valence-electron chi connectivity index (χ3n) is 4.72. The predicted molar refractivity (Wildman–Crippen MR) is 81.2 cm³/mol. The van der Waals surface area contributed by atoms with Gasteiger partial charge >= 0.3 is 12.1 Å². The molecule has 0 aromatic rings. The highest BCUT2D eigenvalue weighted by Gasteiger charge is 2.42. The molecule has 2 atom stereocenters. The third-order valence-corrected chi connectivity index (χ3v) is 4.72. The van der Waals surface area contributed by atoms with Crippen molar-refractivity contribution in [1.82, 2.24) is 9.80 Å². The molecule has 1 amide bonds.